The van der Waals surface area contributed by atoms with Crippen LogP contribution in [0.1, 0.15) is 42.4 Å². The van der Waals surface area contributed by atoms with Crippen molar-refractivity contribution in [2.24, 2.45) is 0 Å². The number of allylic oxidation sites excluding steroid dienone is 1. The van der Waals surface area contributed by atoms with Gasteiger partial charge >= 0.3 is 0 Å². The first-order valence-electron chi connectivity index (χ1n) is 14.1. The van der Waals surface area contributed by atoms with Crippen LogP contribution >= 0.6 is 15.9 Å². The van der Waals surface area contributed by atoms with Crippen LogP contribution in [0.25, 0.3) is 6.08 Å². The number of Topliss-reactive ketones (excluding diaryl/α,β-unsaturated/α-hetero) is 1. The third-order valence-corrected chi connectivity index (χ3v) is 8.45. The molecule has 0 unspecified atom stereocenters. The first-order chi connectivity index (χ1) is 20.5. The number of hydrogen-bond donors (Lipinski definition) is 1. The number of nitrogens with one attached hydrogen (secondary N) is 1. The molecule has 0 bridgehead atoms. The maximum atomic E-state index is 14.2. The van der Waals surface area contributed by atoms with Crippen molar-refractivity contribution >= 4 is 45.1 Å². The molecule has 42 heavy (non-hydrogen) atoms. The van der Waals surface area contributed by atoms with Gasteiger partial charge in [0.15, 0.2) is 5.78 Å². The minimum absolute atomic E-state index is 0.00841. The molecule has 0 radical (unpaired) electrons. The Labute approximate surface area is 254 Å². The van der Waals surface area contributed by atoms with Crippen LogP contribution in [0.2, 0.25) is 0 Å². The topological polar surface area (TPSA) is 58.6 Å². The summed E-state index contributed by atoms with van der Waals surface area (Å²) in [5.74, 6) is 0.568. The molecule has 6 heteroatoms. The molecule has 0 spiro atoms. The monoisotopic (exact) mass is 618 g/mol. The Bertz CT molecular complexity index is 1680. The Morgan fingerprint density at radius 3 is 2.33 bits per heavy atom. The van der Waals surface area contributed by atoms with Gasteiger partial charge in [0.1, 0.15) is 12.4 Å². The molecule has 4 aromatic carbocycles. The molecular weight excluding hydrogens is 588 g/mol. The van der Waals surface area contributed by atoms with Gasteiger partial charge in [-0.25, -0.2) is 0 Å². The van der Waals surface area contributed by atoms with E-state index in [1.165, 1.54) is 0 Å². The number of benzene rings is 4. The van der Waals surface area contributed by atoms with E-state index in [0.717, 1.165) is 44.0 Å². The first-order valence-corrected chi connectivity index (χ1v) is 14.9. The van der Waals surface area contributed by atoms with E-state index in [9.17, 15) is 9.59 Å². The van der Waals surface area contributed by atoms with Crippen molar-refractivity contribution in [1.82, 2.24) is 0 Å². The average Bonchev–Trinajstić information content (AvgIpc) is 3.16. The van der Waals surface area contributed by atoms with Crippen molar-refractivity contribution in [1.29, 1.82) is 0 Å². The highest BCUT2D eigenvalue weighted by atomic mass is 79.9. The van der Waals surface area contributed by atoms with E-state index in [2.05, 4.69) is 27.3 Å². The molecule has 1 aliphatic carbocycles. The van der Waals surface area contributed by atoms with Crippen LogP contribution in [0.3, 0.4) is 0 Å². The minimum Gasteiger partial charge on any atom is -0.489 e. The highest BCUT2D eigenvalue weighted by Gasteiger charge is 2.41. The maximum Gasteiger partial charge on any atom is 0.224 e. The van der Waals surface area contributed by atoms with Gasteiger partial charge in [0.05, 0.1) is 17.4 Å². The zero-order valence-electron chi connectivity index (χ0n) is 23.3. The summed E-state index contributed by atoms with van der Waals surface area (Å²) in [6.45, 7) is 2.00. The maximum absolute atomic E-state index is 14.2. The number of hydrogen-bond acceptors (Lipinski definition) is 4. The van der Waals surface area contributed by atoms with Gasteiger partial charge in [-0.3, -0.25) is 14.5 Å². The summed E-state index contributed by atoms with van der Waals surface area (Å²) in [5, 5.41) is 3.58. The number of nitrogens with zero attached hydrogens (tertiary/aromatic N) is 1. The summed E-state index contributed by atoms with van der Waals surface area (Å²) in [4.78, 5) is 29.2. The van der Waals surface area contributed by atoms with Crippen molar-refractivity contribution in [3.05, 3.63) is 142 Å². The Balaban J connectivity index is 1.41. The lowest BCUT2D eigenvalue weighted by Crippen LogP contribution is -2.43. The lowest BCUT2D eigenvalue weighted by Gasteiger charge is -2.34. The van der Waals surface area contributed by atoms with Gasteiger partial charge < -0.3 is 10.1 Å². The normalized spacial score (nSPS) is 18.5. The van der Waals surface area contributed by atoms with Gasteiger partial charge in [-0.05, 0) is 47.4 Å². The second kappa shape index (κ2) is 12.2. The van der Waals surface area contributed by atoms with Crippen LogP contribution < -0.4 is 15.0 Å². The third-order valence-electron chi connectivity index (χ3n) is 7.79. The fraction of sp³-hybridized carbons (Fsp3) is 0.167. The molecule has 0 saturated carbocycles. The summed E-state index contributed by atoms with van der Waals surface area (Å²) >= 11 is 3.81. The molecule has 1 N–H and O–H groups in total. The van der Waals surface area contributed by atoms with Crippen LogP contribution in [-0.2, 0) is 16.2 Å². The second-order valence-corrected chi connectivity index (χ2v) is 11.5. The van der Waals surface area contributed by atoms with Gasteiger partial charge in [0.25, 0.3) is 0 Å². The van der Waals surface area contributed by atoms with Crippen molar-refractivity contribution in [2.75, 3.05) is 10.2 Å². The molecule has 0 aromatic heterocycles. The first kappa shape index (κ1) is 27.7. The standard InChI is InChI=1S/C36H31BrN2O3/c1-24(40)39-32-18-10-9-17-30(32)38-31-21-27(28-16-8-11-19-34(28)42-23-26-14-6-3-7-15-26)22-33(41)35(31)36(39)29(37)20-25-12-4-2-5-13-25/h2-20,27,36,38H,21-23H2,1H3/b29-20-/t27-,36+/m1/s1. The molecule has 6 rings (SSSR count). The quantitative estimate of drug-likeness (QED) is 0.236. The number of halogens is 1. The van der Waals surface area contributed by atoms with Gasteiger partial charge in [-0.2, -0.15) is 0 Å². The van der Waals surface area contributed by atoms with Crippen LogP contribution in [0.4, 0.5) is 11.4 Å². The SMILES string of the molecule is CC(=O)N1c2ccccc2NC2=C(C(=O)C[C@H](c3ccccc3OCc3ccccc3)C2)[C@@H]1/C(Br)=C/c1ccccc1. The summed E-state index contributed by atoms with van der Waals surface area (Å²) in [6, 6.07) is 35.1. The number of rotatable bonds is 6. The predicted octanol–water partition coefficient (Wildman–Crippen LogP) is 8.25. The van der Waals surface area contributed by atoms with Gasteiger partial charge in [0, 0.05) is 35.0 Å². The zero-order chi connectivity index (χ0) is 29.1. The van der Waals surface area contributed by atoms with E-state index in [-0.39, 0.29) is 17.6 Å². The van der Waals surface area contributed by atoms with Crippen LogP contribution in [-0.4, -0.2) is 17.7 Å². The molecule has 1 aliphatic heterocycles. The number of carbonyl (C=O) groups excluding carboxylic acids is 2. The van der Waals surface area contributed by atoms with Crippen molar-refractivity contribution in [3.63, 3.8) is 0 Å². The van der Waals surface area contributed by atoms with E-state index >= 15 is 0 Å². The van der Waals surface area contributed by atoms with E-state index in [1.807, 2.05) is 109 Å². The highest BCUT2D eigenvalue weighted by Crippen LogP contribution is 2.46. The number of fused-ring (bicyclic) bond motifs is 1. The van der Waals surface area contributed by atoms with E-state index in [1.54, 1.807) is 11.8 Å². The van der Waals surface area contributed by atoms with Crippen LogP contribution in [0.15, 0.2) is 125 Å². The number of para-hydroxylation sites is 3. The molecule has 5 nitrogen and oxygen atoms in total. The van der Waals surface area contributed by atoms with Gasteiger partial charge in [0.2, 0.25) is 5.91 Å². The Kier molecular flexibility index (Phi) is 8.06. The Morgan fingerprint density at radius 1 is 0.905 bits per heavy atom. The summed E-state index contributed by atoms with van der Waals surface area (Å²) < 4.78 is 7.03. The smallest absolute Gasteiger partial charge is 0.224 e. The second-order valence-electron chi connectivity index (χ2n) is 10.6. The summed E-state index contributed by atoms with van der Waals surface area (Å²) in [6.07, 6.45) is 2.91. The van der Waals surface area contributed by atoms with E-state index in [4.69, 9.17) is 4.74 Å². The molecule has 0 fully saturated rings. The molecular formula is C36H31BrN2O3. The molecule has 1 heterocycles. The number of amides is 1. The number of carbonyl (C=O) groups is 2. The largest absolute Gasteiger partial charge is 0.489 e. The molecule has 0 saturated heterocycles. The Hall–Kier alpha value is -4.42. The third kappa shape index (κ3) is 5.68. The number of ether oxygens (including phenoxy) is 1. The van der Waals surface area contributed by atoms with Gasteiger partial charge in [-0.1, -0.05) is 107 Å². The molecule has 2 atom stereocenters. The number of ketones is 1. The molecule has 4 aromatic rings. The fourth-order valence-corrected chi connectivity index (χ4v) is 6.59. The summed E-state index contributed by atoms with van der Waals surface area (Å²) in [5.41, 5.74) is 6.04. The van der Waals surface area contributed by atoms with Gasteiger partial charge in [-0.15, -0.1) is 0 Å². The van der Waals surface area contributed by atoms with Crippen molar-refractivity contribution < 1.29 is 14.3 Å². The number of anilines is 2. The van der Waals surface area contributed by atoms with Crippen LogP contribution in [0, 0.1) is 0 Å². The lowest BCUT2D eigenvalue weighted by atomic mass is 9.79. The van der Waals surface area contributed by atoms with E-state index < -0.39 is 6.04 Å². The van der Waals surface area contributed by atoms with Crippen molar-refractivity contribution in [2.45, 2.75) is 38.3 Å². The summed E-state index contributed by atoms with van der Waals surface area (Å²) in [7, 11) is 0. The zero-order valence-corrected chi connectivity index (χ0v) is 24.9. The average molecular weight is 620 g/mol. The predicted molar refractivity (Wildman–Crippen MR) is 172 cm³/mol. The highest BCUT2D eigenvalue weighted by molar-refractivity contribution is 9.11. The lowest BCUT2D eigenvalue weighted by molar-refractivity contribution is -0.117. The van der Waals surface area contributed by atoms with Crippen LogP contribution in [0.5, 0.6) is 5.75 Å². The van der Waals surface area contributed by atoms with Crippen molar-refractivity contribution in [3.8, 4) is 5.75 Å². The fourth-order valence-electron chi connectivity index (χ4n) is 5.89. The molecule has 210 valence electrons. The minimum atomic E-state index is -0.605. The molecule has 2 aliphatic rings. The Morgan fingerprint density at radius 2 is 1.57 bits per heavy atom. The van der Waals surface area contributed by atoms with E-state index in [0.29, 0.717) is 25.0 Å². The molecule has 1 amide bonds.